The van der Waals surface area contributed by atoms with E-state index in [9.17, 15) is 19.2 Å². The molecule has 0 bridgehead atoms. The number of aromatic nitrogens is 2. The number of anilines is 1. The van der Waals surface area contributed by atoms with E-state index in [-0.39, 0.29) is 23.4 Å². The number of amides is 1. The highest BCUT2D eigenvalue weighted by Crippen LogP contribution is 2.45. The fourth-order valence-electron chi connectivity index (χ4n) is 5.45. The number of para-hydroxylation sites is 1. The van der Waals surface area contributed by atoms with Gasteiger partial charge in [-0.3, -0.25) is 24.4 Å². The number of pyridine rings is 2. The molecule has 4 aliphatic rings. The van der Waals surface area contributed by atoms with Crippen molar-refractivity contribution in [2.45, 2.75) is 62.8 Å². The molecule has 2 saturated carbocycles. The lowest BCUT2D eigenvalue weighted by Crippen LogP contribution is -2.35. The van der Waals surface area contributed by atoms with Crippen LogP contribution in [0.25, 0.3) is 0 Å². The summed E-state index contributed by atoms with van der Waals surface area (Å²) in [5.41, 5.74) is 2.28. The molecule has 42 heavy (non-hydrogen) atoms. The van der Waals surface area contributed by atoms with Gasteiger partial charge in [0.1, 0.15) is 17.2 Å². The third kappa shape index (κ3) is 6.95. The molecule has 2 aromatic heterocycles. The van der Waals surface area contributed by atoms with E-state index in [4.69, 9.17) is 14.2 Å². The molecule has 3 aromatic rings. The summed E-state index contributed by atoms with van der Waals surface area (Å²) in [5, 5.41) is 2.79. The molecule has 7 rings (SSSR count). The molecule has 1 saturated heterocycles. The highest BCUT2D eigenvalue weighted by molar-refractivity contribution is 6.04. The van der Waals surface area contributed by atoms with Gasteiger partial charge in [0.15, 0.2) is 5.79 Å². The Balaban J connectivity index is 0.000000128. The molecule has 2 spiro atoms. The van der Waals surface area contributed by atoms with Gasteiger partial charge in [-0.1, -0.05) is 18.2 Å². The minimum atomic E-state index is -0.575. The fraction of sp³-hybridized carbons (Fsp3) is 0.375. The molecule has 10 heteroatoms. The molecule has 1 aromatic carbocycles. The normalized spacial score (nSPS) is 19.6. The van der Waals surface area contributed by atoms with Gasteiger partial charge in [-0.05, 0) is 43.2 Å². The highest BCUT2D eigenvalue weighted by atomic mass is 16.7. The standard InChI is InChI=1S/C12H10N2O.C12H11NO3.C8H12O3/c15-12(10-6-8-13-9-7-10)14-11-4-2-1-3-5-11;14-8-1-4-12(5-2-8)10-7-13-6-3-9(10)11(15)16-12;9-7-1-3-8(4-2-7)10-5-6-11-8/h1-9H,(H,14,15);3,6-7H,1-2,4-5H2;1-6H2. The number of hydrogen-bond donors (Lipinski definition) is 1. The lowest BCUT2D eigenvalue weighted by atomic mass is 9.79. The van der Waals surface area contributed by atoms with Gasteiger partial charge in [0.25, 0.3) is 5.91 Å². The quantitative estimate of drug-likeness (QED) is 0.431. The SMILES string of the molecule is O=C(Nc1ccccc1)c1ccncc1.O=C1CCC2(CC1)OC(=O)c1ccncc12.O=C1CCC2(CC1)OCCO2. The molecule has 2 aliphatic carbocycles. The third-order valence-electron chi connectivity index (χ3n) is 7.79. The number of rotatable bonds is 2. The van der Waals surface area contributed by atoms with Crippen molar-refractivity contribution in [1.29, 1.82) is 0 Å². The maximum Gasteiger partial charge on any atom is 0.339 e. The molecule has 2 aliphatic heterocycles. The van der Waals surface area contributed by atoms with Crippen LogP contribution in [-0.4, -0.2) is 52.4 Å². The number of carbonyl (C=O) groups excluding carboxylic acids is 4. The van der Waals surface area contributed by atoms with E-state index >= 15 is 0 Å². The lowest BCUT2D eigenvalue weighted by molar-refractivity contribution is -0.179. The van der Waals surface area contributed by atoms with Crippen molar-refractivity contribution in [2.24, 2.45) is 0 Å². The summed E-state index contributed by atoms with van der Waals surface area (Å²) in [7, 11) is 0. The first-order valence-corrected chi connectivity index (χ1v) is 14.1. The second-order valence-corrected chi connectivity index (χ2v) is 10.5. The van der Waals surface area contributed by atoms with E-state index in [0.29, 0.717) is 68.6 Å². The molecule has 4 heterocycles. The van der Waals surface area contributed by atoms with Gasteiger partial charge in [0.2, 0.25) is 0 Å². The van der Waals surface area contributed by atoms with Crippen LogP contribution in [0.4, 0.5) is 5.69 Å². The number of carbonyl (C=O) groups is 4. The zero-order valence-corrected chi connectivity index (χ0v) is 23.3. The van der Waals surface area contributed by atoms with E-state index in [1.165, 1.54) is 0 Å². The zero-order valence-electron chi connectivity index (χ0n) is 23.3. The Labute approximate surface area is 243 Å². The summed E-state index contributed by atoms with van der Waals surface area (Å²) in [4.78, 5) is 53.4. The van der Waals surface area contributed by atoms with Crippen molar-refractivity contribution in [3.8, 4) is 0 Å². The van der Waals surface area contributed by atoms with E-state index < -0.39 is 5.60 Å². The fourth-order valence-corrected chi connectivity index (χ4v) is 5.45. The van der Waals surface area contributed by atoms with Gasteiger partial charge >= 0.3 is 5.97 Å². The number of fused-ring (bicyclic) bond motifs is 2. The molecule has 218 valence electrons. The minimum Gasteiger partial charge on any atom is -0.450 e. The molecule has 0 radical (unpaired) electrons. The van der Waals surface area contributed by atoms with Gasteiger partial charge in [0, 0.05) is 80.1 Å². The number of ether oxygens (including phenoxy) is 3. The molecule has 1 N–H and O–H groups in total. The van der Waals surface area contributed by atoms with Crippen LogP contribution in [0.15, 0.2) is 73.3 Å². The maximum atomic E-state index is 11.7. The van der Waals surface area contributed by atoms with Gasteiger partial charge in [0.05, 0.1) is 18.8 Å². The summed E-state index contributed by atoms with van der Waals surface area (Å²) < 4.78 is 16.4. The number of Topliss-reactive ketones (excluding diaryl/α,β-unsaturated/α-hetero) is 2. The number of hydrogen-bond acceptors (Lipinski definition) is 9. The predicted octanol–water partition coefficient (Wildman–Crippen LogP) is 4.80. The van der Waals surface area contributed by atoms with E-state index in [1.54, 1.807) is 43.0 Å². The molecule has 3 fully saturated rings. The van der Waals surface area contributed by atoms with Crippen molar-refractivity contribution < 1.29 is 33.4 Å². The Morgan fingerprint density at radius 1 is 0.738 bits per heavy atom. The number of ketones is 2. The highest BCUT2D eigenvalue weighted by Gasteiger charge is 2.47. The Morgan fingerprint density at radius 2 is 1.33 bits per heavy atom. The average molecular weight is 572 g/mol. The van der Waals surface area contributed by atoms with Crippen molar-refractivity contribution in [3.05, 3.63) is 90.0 Å². The Hall–Kier alpha value is -4.28. The van der Waals surface area contributed by atoms with Crippen LogP contribution in [0.5, 0.6) is 0 Å². The van der Waals surface area contributed by atoms with Crippen LogP contribution in [0.1, 0.15) is 77.6 Å². The van der Waals surface area contributed by atoms with Crippen LogP contribution >= 0.6 is 0 Å². The Kier molecular flexibility index (Phi) is 9.14. The minimum absolute atomic E-state index is 0.122. The first-order chi connectivity index (χ1) is 20.4. The molecular weight excluding hydrogens is 538 g/mol. The number of benzene rings is 1. The summed E-state index contributed by atoms with van der Waals surface area (Å²) >= 11 is 0. The summed E-state index contributed by atoms with van der Waals surface area (Å²) in [6, 6.07) is 14.4. The van der Waals surface area contributed by atoms with E-state index in [2.05, 4.69) is 15.3 Å². The smallest absolute Gasteiger partial charge is 0.339 e. The summed E-state index contributed by atoms with van der Waals surface area (Å²) in [5.74, 6) is -0.183. The Bertz CT molecular complexity index is 1400. The van der Waals surface area contributed by atoms with Crippen LogP contribution in [0.3, 0.4) is 0 Å². The second-order valence-electron chi connectivity index (χ2n) is 10.5. The molecular formula is C32H33N3O7. The lowest BCUT2D eigenvalue weighted by Gasteiger charge is -2.31. The molecule has 10 nitrogen and oxygen atoms in total. The monoisotopic (exact) mass is 571 g/mol. The maximum absolute atomic E-state index is 11.7. The largest absolute Gasteiger partial charge is 0.450 e. The van der Waals surface area contributed by atoms with Gasteiger partial charge in [-0.25, -0.2) is 4.79 Å². The number of nitrogens with one attached hydrogen (secondary N) is 1. The van der Waals surface area contributed by atoms with Crippen molar-refractivity contribution >= 4 is 29.1 Å². The first-order valence-electron chi connectivity index (χ1n) is 14.1. The second kappa shape index (κ2) is 13.1. The van der Waals surface area contributed by atoms with Gasteiger partial charge in [-0.15, -0.1) is 0 Å². The Morgan fingerprint density at radius 3 is 1.98 bits per heavy atom. The van der Waals surface area contributed by atoms with Crippen molar-refractivity contribution in [3.63, 3.8) is 0 Å². The van der Waals surface area contributed by atoms with Crippen molar-refractivity contribution in [1.82, 2.24) is 9.97 Å². The van der Waals surface area contributed by atoms with Crippen LogP contribution in [0.2, 0.25) is 0 Å². The van der Waals surface area contributed by atoms with Crippen LogP contribution in [0, 0.1) is 0 Å². The summed E-state index contributed by atoms with van der Waals surface area (Å²) in [6.45, 7) is 1.38. The van der Waals surface area contributed by atoms with Gasteiger partial charge < -0.3 is 19.5 Å². The molecule has 1 amide bonds. The molecule has 0 unspecified atom stereocenters. The number of nitrogens with zero attached hydrogens (tertiary/aromatic N) is 2. The van der Waals surface area contributed by atoms with E-state index in [0.717, 1.165) is 24.1 Å². The molecule has 0 atom stereocenters. The van der Waals surface area contributed by atoms with E-state index in [1.807, 2.05) is 30.3 Å². The summed E-state index contributed by atoms with van der Waals surface area (Å²) in [6.07, 6.45) is 11.4. The zero-order chi connectivity index (χ0) is 29.4. The first kappa shape index (κ1) is 29.2. The average Bonchev–Trinajstić information content (AvgIpc) is 3.60. The third-order valence-corrected chi connectivity index (χ3v) is 7.79. The topological polar surface area (TPSA) is 134 Å². The predicted molar refractivity (Wildman–Crippen MR) is 152 cm³/mol. The van der Waals surface area contributed by atoms with Crippen LogP contribution < -0.4 is 5.32 Å². The van der Waals surface area contributed by atoms with Crippen molar-refractivity contribution in [2.75, 3.05) is 18.5 Å². The van der Waals surface area contributed by atoms with Crippen LogP contribution in [-0.2, 0) is 29.4 Å². The number of esters is 1. The van der Waals surface area contributed by atoms with Gasteiger partial charge in [-0.2, -0.15) is 0 Å².